The second kappa shape index (κ2) is 9.80. The van der Waals surface area contributed by atoms with E-state index in [1.54, 1.807) is 33.0 Å². The molecule has 5 rings (SSSR count). The van der Waals surface area contributed by atoms with Gasteiger partial charge in [-0.3, -0.25) is 0 Å². The largest absolute Gasteiger partial charge is 0.497 e. The molecule has 5 aromatic rings. The quantitative estimate of drug-likeness (QED) is 0.329. The van der Waals surface area contributed by atoms with Gasteiger partial charge in [-0.2, -0.15) is 9.61 Å². The van der Waals surface area contributed by atoms with Crippen LogP contribution in [0.3, 0.4) is 0 Å². The molecule has 184 valence electrons. The van der Waals surface area contributed by atoms with E-state index in [-0.39, 0.29) is 6.61 Å². The molecule has 0 aliphatic carbocycles. The first kappa shape index (κ1) is 23.5. The smallest absolute Gasteiger partial charge is 0.187 e. The lowest BCUT2D eigenvalue weighted by Crippen LogP contribution is -2.05. The molecule has 0 unspecified atom stereocenters. The SMILES string of the molecule is COCc1nn2c(N)c(-c3nc(-c4ccc(OC)c(OC)c4)cs3)nnc2c1-c1cccc(OC)c1. The van der Waals surface area contributed by atoms with E-state index in [2.05, 4.69) is 10.2 Å². The van der Waals surface area contributed by atoms with E-state index in [0.29, 0.717) is 39.4 Å². The summed E-state index contributed by atoms with van der Waals surface area (Å²) in [5, 5.41) is 16.2. The number of methoxy groups -OCH3 is 4. The molecule has 2 aromatic carbocycles. The van der Waals surface area contributed by atoms with Crippen LogP contribution < -0.4 is 19.9 Å². The molecule has 0 aliphatic heterocycles. The average Bonchev–Trinajstić information content (AvgIpc) is 3.54. The Hall–Kier alpha value is -4.22. The summed E-state index contributed by atoms with van der Waals surface area (Å²) in [5.74, 6) is 2.32. The van der Waals surface area contributed by atoms with Crippen molar-refractivity contribution in [3.8, 4) is 50.3 Å². The molecule has 10 nitrogen and oxygen atoms in total. The molecule has 3 heterocycles. The molecule has 0 atom stereocenters. The Morgan fingerprint density at radius 3 is 2.50 bits per heavy atom. The Morgan fingerprint density at radius 2 is 1.75 bits per heavy atom. The van der Waals surface area contributed by atoms with E-state index in [1.807, 2.05) is 47.8 Å². The number of ether oxygens (including phenoxy) is 4. The van der Waals surface area contributed by atoms with E-state index in [9.17, 15) is 0 Å². The van der Waals surface area contributed by atoms with Gasteiger partial charge in [-0.15, -0.1) is 21.5 Å². The van der Waals surface area contributed by atoms with Gasteiger partial charge in [0.25, 0.3) is 0 Å². The van der Waals surface area contributed by atoms with Crippen molar-refractivity contribution < 1.29 is 18.9 Å². The lowest BCUT2D eigenvalue weighted by atomic mass is 10.1. The molecule has 2 N–H and O–H groups in total. The molecule has 11 heteroatoms. The van der Waals surface area contributed by atoms with Crippen molar-refractivity contribution in [1.82, 2.24) is 24.8 Å². The van der Waals surface area contributed by atoms with Crippen molar-refractivity contribution in [2.24, 2.45) is 0 Å². The van der Waals surface area contributed by atoms with Crippen LogP contribution in [-0.2, 0) is 11.3 Å². The molecule has 0 spiro atoms. The van der Waals surface area contributed by atoms with Crippen molar-refractivity contribution in [1.29, 1.82) is 0 Å². The van der Waals surface area contributed by atoms with Crippen molar-refractivity contribution in [3.63, 3.8) is 0 Å². The highest BCUT2D eigenvalue weighted by molar-refractivity contribution is 7.13. The number of anilines is 1. The van der Waals surface area contributed by atoms with Crippen LogP contribution in [0.25, 0.3) is 38.7 Å². The molecular formula is C25H24N6O4S. The Morgan fingerprint density at radius 1 is 0.917 bits per heavy atom. The molecule has 3 aromatic heterocycles. The highest BCUT2D eigenvalue weighted by atomic mass is 32.1. The van der Waals surface area contributed by atoms with Crippen LogP contribution in [0.15, 0.2) is 47.8 Å². The van der Waals surface area contributed by atoms with E-state index >= 15 is 0 Å². The van der Waals surface area contributed by atoms with Crippen LogP contribution in [-0.4, -0.2) is 53.2 Å². The lowest BCUT2D eigenvalue weighted by molar-refractivity contribution is 0.181. The molecular weight excluding hydrogens is 480 g/mol. The second-order valence-corrected chi connectivity index (χ2v) is 8.62. The molecule has 0 amide bonds. The Balaban J connectivity index is 1.59. The predicted octanol–water partition coefficient (Wildman–Crippen LogP) is 4.34. The van der Waals surface area contributed by atoms with Gasteiger partial charge < -0.3 is 24.7 Å². The van der Waals surface area contributed by atoms with Gasteiger partial charge in [-0.1, -0.05) is 12.1 Å². The van der Waals surface area contributed by atoms with E-state index in [0.717, 1.165) is 28.1 Å². The van der Waals surface area contributed by atoms with Gasteiger partial charge in [0.1, 0.15) is 10.8 Å². The van der Waals surface area contributed by atoms with E-state index in [1.165, 1.54) is 11.3 Å². The van der Waals surface area contributed by atoms with Crippen molar-refractivity contribution in [3.05, 3.63) is 53.5 Å². The summed E-state index contributed by atoms with van der Waals surface area (Å²) in [4.78, 5) is 4.75. The van der Waals surface area contributed by atoms with Gasteiger partial charge in [0.05, 0.1) is 44.9 Å². The maximum atomic E-state index is 6.56. The number of rotatable bonds is 8. The number of hydrogen-bond donors (Lipinski definition) is 1. The molecule has 0 saturated heterocycles. The fourth-order valence-corrected chi connectivity index (χ4v) is 4.76. The summed E-state index contributed by atoms with van der Waals surface area (Å²) in [6.07, 6.45) is 0. The zero-order valence-corrected chi connectivity index (χ0v) is 21.0. The first-order chi connectivity index (χ1) is 17.6. The topological polar surface area (TPSA) is 119 Å². The van der Waals surface area contributed by atoms with Crippen LogP contribution in [0, 0.1) is 0 Å². The summed E-state index contributed by atoms with van der Waals surface area (Å²) in [6.45, 7) is 0.283. The third kappa shape index (κ3) is 4.08. The van der Waals surface area contributed by atoms with E-state index in [4.69, 9.17) is 34.8 Å². The number of nitrogen functional groups attached to an aromatic ring is 1. The molecule has 0 bridgehead atoms. The third-order valence-electron chi connectivity index (χ3n) is 5.67. The standard InChI is InChI=1S/C25H24N6O4S/c1-32-12-17-21(15-6-5-7-16(10-15)33-2)24-29-28-22(23(26)31(24)30-17)25-27-18(13-36-25)14-8-9-19(34-3)20(11-14)35-4/h5-11,13H,12,26H2,1-4H3. The highest BCUT2D eigenvalue weighted by Gasteiger charge is 2.22. The van der Waals surface area contributed by atoms with E-state index < -0.39 is 0 Å². The minimum absolute atomic E-state index is 0.283. The number of aromatic nitrogens is 5. The lowest BCUT2D eigenvalue weighted by Gasteiger charge is -2.08. The molecule has 0 saturated carbocycles. The predicted molar refractivity (Wildman–Crippen MR) is 138 cm³/mol. The van der Waals surface area contributed by atoms with Crippen LogP contribution in [0.4, 0.5) is 5.82 Å². The first-order valence-electron chi connectivity index (χ1n) is 10.9. The van der Waals surface area contributed by atoms with Gasteiger partial charge in [0, 0.05) is 18.1 Å². The summed E-state index contributed by atoms with van der Waals surface area (Å²) in [5.41, 5.74) is 11.5. The Bertz CT molecular complexity index is 1550. The zero-order chi connectivity index (χ0) is 25.2. The molecule has 0 aliphatic rings. The van der Waals surface area contributed by atoms with Gasteiger partial charge in [0.15, 0.2) is 28.7 Å². The van der Waals surface area contributed by atoms with Crippen LogP contribution in [0.2, 0.25) is 0 Å². The van der Waals surface area contributed by atoms with Crippen molar-refractivity contribution in [2.75, 3.05) is 34.2 Å². The number of thiazole rings is 1. The summed E-state index contributed by atoms with van der Waals surface area (Å²) in [6, 6.07) is 13.3. The normalized spacial score (nSPS) is 11.1. The van der Waals surface area contributed by atoms with Crippen molar-refractivity contribution >= 4 is 22.8 Å². The third-order valence-corrected chi connectivity index (χ3v) is 6.52. The molecule has 36 heavy (non-hydrogen) atoms. The molecule has 0 radical (unpaired) electrons. The van der Waals surface area contributed by atoms with Gasteiger partial charge in [-0.25, -0.2) is 4.98 Å². The monoisotopic (exact) mass is 504 g/mol. The van der Waals surface area contributed by atoms with Crippen LogP contribution in [0.1, 0.15) is 5.69 Å². The summed E-state index contributed by atoms with van der Waals surface area (Å²) in [7, 11) is 6.44. The minimum atomic E-state index is 0.283. The summed E-state index contributed by atoms with van der Waals surface area (Å²) < 4.78 is 23.1. The van der Waals surface area contributed by atoms with Gasteiger partial charge in [-0.05, 0) is 35.9 Å². The van der Waals surface area contributed by atoms with Crippen LogP contribution >= 0.6 is 11.3 Å². The first-order valence-corrected chi connectivity index (χ1v) is 11.8. The minimum Gasteiger partial charge on any atom is -0.497 e. The molecule has 0 fully saturated rings. The van der Waals surface area contributed by atoms with Crippen LogP contribution in [0.5, 0.6) is 17.2 Å². The highest BCUT2D eigenvalue weighted by Crippen LogP contribution is 2.37. The number of nitrogens with two attached hydrogens (primary N) is 1. The Kier molecular flexibility index (Phi) is 6.40. The Labute approximate surface area is 211 Å². The van der Waals surface area contributed by atoms with Crippen molar-refractivity contribution in [2.45, 2.75) is 6.61 Å². The maximum Gasteiger partial charge on any atom is 0.187 e. The average molecular weight is 505 g/mol. The fraction of sp³-hybridized carbons (Fsp3) is 0.200. The van der Waals surface area contributed by atoms with Gasteiger partial charge >= 0.3 is 0 Å². The number of benzene rings is 2. The fourth-order valence-electron chi connectivity index (χ4n) is 3.94. The number of hydrogen-bond acceptors (Lipinski definition) is 10. The second-order valence-electron chi connectivity index (χ2n) is 7.76. The van der Waals surface area contributed by atoms with Gasteiger partial charge in [0.2, 0.25) is 0 Å². The number of nitrogens with zero attached hydrogens (tertiary/aromatic N) is 5. The maximum absolute atomic E-state index is 6.56. The number of fused-ring (bicyclic) bond motifs is 1. The summed E-state index contributed by atoms with van der Waals surface area (Å²) >= 11 is 1.42. The zero-order valence-electron chi connectivity index (χ0n) is 20.2.